The molecule has 3 nitrogen and oxygen atoms in total. The number of hydrogen-bond donors (Lipinski definition) is 1. The Kier molecular flexibility index (Phi) is 4.03. The predicted molar refractivity (Wildman–Crippen MR) is 103 cm³/mol. The molecule has 0 spiro atoms. The summed E-state index contributed by atoms with van der Waals surface area (Å²) in [6, 6.07) is 12.9. The fraction of sp³-hybridized carbons (Fsp3) is 0.409. The van der Waals surface area contributed by atoms with Crippen molar-refractivity contribution in [3.8, 4) is 0 Å². The Morgan fingerprint density at radius 1 is 1.08 bits per heavy atom. The Hall–Kier alpha value is -2.29. The van der Waals surface area contributed by atoms with Gasteiger partial charge in [-0.25, -0.2) is 0 Å². The molecule has 0 bridgehead atoms. The van der Waals surface area contributed by atoms with Crippen molar-refractivity contribution in [1.82, 2.24) is 10.2 Å². The summed E-state index contributed by atoms with van der Waals surface area (Å²) in [7, 11) is 0. The van der Waals surface area contributed by atoms with E-state index in [0.29, 0.717) is 0 Å². The lowest BCUT2D eigenvalue weighted by atomic mass is 9.83. The van der Waals surface area contributed by atoms with Crippen molar-refractivity contribution >= 4 is 22.4 Å². The van der Waals surface area contributed by atoms with Crippen LogP contribution in [0.4, 0.5) is 0 Å². The Morgan fingerprint density at radius 3 is 2.64 bits per heavy atom. The van der Waals surface area contributed by atoms with Gasteiger partial charge in [0.2, 0.25) is 5.91 Å². The molecular formula is C22H26N2O. The highest BCUT2D eigenvalue weighted by atomic mass is 16.2. The van der Waals surface area contributed by atoms with E-state index in [0.717, 1.165) is 38.0 Å². The van der Waals surface area contributed by atoms with Gasteiger partial charge in [-0.15, -0.1) is 0 Å². The van der Waals surface area contributed by atoms with Crippen molar-refractivity contribution in [3.63, 3.8) is 0 Å². The average molecular weight is 334 g/mol. The molecule has 25 heavy (non-hydrogen) atoms. The summed E-state index contributed by atoms with van der Waals surface area (Å²) in [4.78, 5) is 14.7. The smallest absolute Gasteiger partial charge is 0.248 e. The summed E-state index contributed by atoms with van der Waals surface area (Å²) in [5, 5.41) is 6.16. The molecule has 0 aromatic heterocycles. The third-order valence-corrected chi connectivity index (χ3v) is 5.36. The molecule has 1 N–H and O–H groups in total. The molecule has 0 aliphatic carbocycles. The normalized spacial score (nSPS) is 21.0. The lowest BCUT2D eigenvalue weighted by Crippen LogP contribution is -2.44. The number of likely N-dealkylation sites (tertiary alicyclic amines) is 1. The quantitative estimate of drug-likeness (QED) is 0.796. The van der Waals surface area contributed by atoms with Gasteiger partial charge in [-0.2, -0.15) is 0 Å². The largest absolute Gasteiger partial charge is 0.379 e. The maximum atomic E-state index is 12.8. The Labute approximate surface area is 149 Å². The molecule has 1 saturated heterocycles. The molecule has 0 unspecified atom stereocenters. The monoisotopic (exact) mass is 334 g/mol. The first-order valence-corrected chi connectivity index (χ1v) is 9.33. The molecule has 0 radical (unpaired) electrons. The molecule has 0 saturated carbocycles. The van der Waals surface area contributed by atoms with Gasteiger partial charge in [-0.1, -0.05) is 36.4 Å². The number of benzene rings is 2. The average Bonchev–Trinajstić information content (AvgIpc) is 2.61. The van der Waals surface area contributed by atoms with Gasteiger partial charge in [0.15, 0.2) is 0 Å². The minimum absolute atomic E-state index is 0.0643. The van der Waals surface area contributed by atoms with Crippen LogP contribution in [-0.2, 0) is 11.2 Å². The molecule has 4 rings (SSSR count). The molecule has 130 valence electrons. The zero-order valence-electron chi connectivity index (χ0n) is 15.1. The summed E-state index contributed by atoms with van der Waals surface area (Å²) in [5.41, 5.74) is 3.42. The van der Waals surface area contributed by atoms with E-state index in [2.05, 4.69) is 55.6 Å². The Morgan fingerprint density at radius 2 is 1.84 bits per heavy atom. The summed E-state index contributed by atoms with van der Waals surface area (Å²) in [6.45, 7) is 6.18. The summed E-state index contributed by atoms with van der Waals surface area (Å²) < 4.78 is 0. The second kappa shape index (κ2) is 6.21. The van der Waals surface area contributed by atoms with E-state index in [-0.39, 0.29) is 11.4 Å². The minimum atomic E-state index is -0.0643. The minimum Gasteiger partial charge on any atom is -0.379 e. The van der Waals surface area contributed by atoms with Gasteiger partial charge in [-0.3, -0.25) is 4.79 Å². The first-order valence-electron chi connectivity index (χ1n) is 9.33. The van der Waals surface area contributed by atoms with Crippen LogP contribution in [0.3, 0.4) is 0 Å². The number of carbonyl (C=O) groups is 1. The van der Waals surface area contributed by atoms with E-state index in [9.17, 15) is 4.79 Å². The second-order valence-corrected chi connectivity index (χ2v) is 7.94. The molecule has 2 heterocycles. The van der Waals surface area contributed by atoms with Gasteiger partial charge in [0.25, 0.3) is 0 Å². The number of rotatable bonds is 1. The zero-order chi connectivity index (χ0) is 17.4. The highest BCUT2D eigenvalue weighted by Gasteiger charge is 2.29. The zero-order valence-corrected chi connectivity index (χ0v) is 15.1. The lowest BCUT2D eigenvalue weighted by molar-refractivity contribution is -0.126. The number of nitrogens with one attached hydrogen (secondary N) is 1. The molecule has 2 aliphatic rings. The Bertz CT molecular complexity index is 844. The molecule has 0 atom stereocenters. The predicted octanol–water partition coefficient (Wildman–Crippen LogP) is 4.12. The topological polar surface area (TPSA) is 32.3 Å². The molecular weight excluding hydrogens is 308 g/mol. The van der Waals surface area contributed by atoms with Crippen LogP contribution in [0.15, 0.2) is 42.5 Å². The third kappa shape index (κ3) is 3.15. The van der Waals surface area contributed by atoms with Crippen molar-refractivity contribution in [1.29, 1.82) is 0 Å². The second-order valence-electron chi connectivity index (χ2n) is 7.94. The highest BCUT2D eigenvalue weighted by molar-refractivity contribution is 5.98. The van der Waals surface area contributed by atoms with E-state index < -0.39 is 0 Å². The summed E-state index contributed by atoms with van der Waals surface area (Å²) in [6.07, 6.45) is 6.25. The van der Waals surface area contributed by atoms with Gasteiger partial charge in [0, 0.05) is 36.0 Å². The van der Waals surface area contributed by atoms with Crippen molar-refractivity contribution in [2.24, 2.45) is 0 Å². The van der Waals surface area contributed by atoms with Crippen molar-refractivity contribution < 1.29 is 4.79 Å². The summed E-state index contributed by atoms with van der Waals surface area (Å²) >= 11 is 0. The third-order valence-electron chi connectivity index (χ3n) is 5.36. The van der Waals surface area contributed by atoms with E-state index >= 15 is 0 Å². The van der Waals surface area contributed by atoms with Gasteiger partial charge >= 0.3 is 0 Å². The standard InChI is InChI=1S/C22H26N2O/c1-22(2)15-19-17-9-5-4-8-16(17)10-11-18(19)20(23-22)14-21(25)24-12-6-3-7-13-24/h4-5,8-11,14,23H,3,6-7,12-13,15H2,1-2H3/b20-14-. The van der Waals surface area contributed by atoms with Crippen LogP contribution >= 0.6 is 0 Å². The van der Waals surface area contributed by atoms with E-state index in [1.807, 2.05) is 11.0 Å². The van der Waals surface area contributed by atoms with Crippen LogP contribution in [0.5, 0.6) is 0 Å². The highest BCUT2D eigenvalue weighted by Crippen LogP contribution is 2.34. The number of piperidine rings is 1. The summed E-state index contributed by atoms with van der Waals surface area (Å²) in [5.74, 6) is 0.138. The number of carbonyl (C=O) groups excluding carboxylic acids is 1. The number of amides is 1. The SMILES string of the molecule is CC1(C)Cc2c(ccc3ccccc23)/C(=C/C(=O)N2CCCCC2)N1. The molecule has 2 aromatic carbocycles. The van der Waals surface area contributed by atoms with Crippen LogP contribution in [0.25, 0.3) is 16.5 Å². The van der Waals surface area contributed by atoms with Crippen molar-refractivity contribution in [3.05, 3.63) is 53.6 Å². The molecule has 2 aromatic rings. The molecule has 1 amide bonds. The molecule has 1 fully saturated rings. The number of nitrogens with zero attached hydrogens (tertiary/aromatic N) is 1. The molecule has 2 aliphatic heterocycles. The fourth-order valence-corrected chi connectivity index (χ4v) is 4.14. The van der Waals surface area contributed by atoms with Gasteiger partial charge in [-0.05, 0) is 55.9 Å². The molecule has 3 heteroatoms. The van der Waals surface area contributed by atoms with Crippen LogP contribution in [0.1, 0.15) is 44.2 Å². The van der Waals surface area contributed by atoms with E-state index in [1.54, 1.807) is 0 Å². The van der Waals surface area contributed by atoms with Crippen molar-refractivity contribution in [2.45, 2.75) is 45.1 Å². The van der Waals surface area contributed by atoms with E-state index in [4.69, 9.17) is 0 Å². The first kappa shape index (κ1) is 16.2. The van der Waals surface area contributed by atoms with Crippen LogP contribution in [0, 0.1) is 0 Å². The number of hydrogen-bond acceptors (Lipinski definition) is 2. The first-order chi connectivity index (χ1) is 12.0. The Balaban J connectivity index is 1.78. The maximum absolute atomic E-state index is 12.8. The van der Waals surface area contributed by atoms with Crippen LogP contribution in [0.2, 0.25) is 0 Å². The van der Waals surface area contributed by atoms with Gasteiger partial charge in [0.05, 0.1) is 0 Å². The van der Waals surface area contributed by atoms with Crippen molar-refractivity contribution in [2.75, 3.05) is 13.1 Å². The maximum Gasteiger partial charge on any atom is 0.248 e. The lowest BCUT2D eigenvalue weighted by Gasteiger charge is -2.36. The van der Waals surface area contributed by atoms with E-state index in [1.165, 1.54) is 28.3 Å². The van der Waals surface area contributed by atoms with Crippen LogP contribution < -0.4 is 5.32 Å². The van der Waals surface area contributed by atoms with Crippen LogP contribution in [-0.4, -0.2) is 29.4 Å². The number of fused-ring (bicyclic) bond motifs is 3. The van der Waals surface area contributed by atoms with Gasteiger partial charge in [0.1, 0.15) is 0 Å². The fourth-order valence-electron chi connectivity index (χ4n) is 4.14. The van der Waals surface area contributed by atoms with Gasteiger partial charge < -0.3 is 10.2 Å².